The van der Waals surface area contributed by atoms with E-state index < -0.39 is 5.97 Å². The molecule has 0 amide bonds. The number of nitrogens with one attached hydrogen (secondary N) is 1. The molecule has 1 aromatic heterocycles. The molecule has 0 spiro atoms. The molecule has 0 aliphatic carbocycles. The van der Waals surface area contributed by atoms with Gasteiger partial charge in [-0.1, -0.05) is 41.1 Å². The maximum absolute atomic E-state index is 12.8. The van der Waals surface area contributed by atoms with Crippen molar-refractivity contribution in [3.63, 3.8) is 0 Å². The molecule has 34 heavy (non-hydrogen) atoms. The molecule has 3 rings (SSSR count). The second-order valence-corrected chi connectivity index (χ2v) is 9.17. The Morgan fingerprint density at radius 2 is 1.94 bits per heavy atom. The summed E-state index contributed by atoms with van der Waals surface area (Å²) in [7, 11) is 2.92. The number of nitrogen functional groups attached to an aromatic ring is 1. The minimum atomic E-state index is -0.498. The second-order valence-electron chi connectivity index (χ2n) is 8.25. The fraction of sp³-hybridized carbons (Fsp3) is 0.308. The van der Waals surface area contributed by atoms with Crippen LogP contribution in [-0.4, -0.2) is 30.8 Å². The number of carbonyl (C=O) groups is 1. The number of carbonyl (C=O) groups excluding carboxylic acids is 1. The molecule has 0 bridgehead atoms. The van der Waals surface area contributed by atoms with Gasteiger partial charge in [0.25, 0.3) is 5.56 Å². The highest BCUT2D eigenvalue weighted by Crippen LogP contribution is 2.29. The summed E-state index contributed by atoms with van der Waals surface area (Å²) >= 11 is 3.47. The Balaban J connectivity index is 1.61. The van der Waals surface area contributed by atoms with Gasteiger partial charge in [0.1, 0.15) is 5.75 Å². The highest BCUT2D eigenvalue weighted by Gasteiger charge is 2.16. The first-order valence-electron chi connectivity index (χ1n) is 11.1. The average Bonchev–Trinajstić information content (AvgIpc) is 2.83. The van der Waals surface area contributed by atoms with Gasteiger partial charge in [-0.2, -0.15) is 0 Å². The van der Waals surface area contributed by atoms with Gasteiger partial charge in [-0.15, -0.1) is 0 Å². The molecular formula is C26H30BrN3O4. The van der Waals surface area contributed by atoms with Gasteiger partial charge in [0.05, 0.1) is 36.2 Å². The number of nitrogens with two attached hydrogens (primary N) is 1. The SMILES string of the molecule is COC(=O)c1cc(-c2ccccc2OCCC[C@@H](C)CNc2cc(Br)ccc2N)c(=O)n(C)c1. The lowest BCUT2D eigenvalue weighted by Gasteiger charge is -2.16. The Morgan fingerprint density at radius 3 is 2.71 bits per heavy atom. The summed E-state index contributed by atoms with van der Waals surface area (Å²) in [6, 6.07) is 14.7. The Kier molecular flexibility index (Phi) is 8.76. The van der Waals surface area contributed by atoms with Crippen LogP contribution in [0.3, 0.4) is 0 Å². The van der Waals surface area contributed by atoms with Crippen LogP contribution in [0.5, 0.6) is 5.75 Å². The fourth-order valence-corrected chi connectivity index (χ4v) is 3.99. The molecule has 0 aliphatic rings. The molecule has 2 aromatic carbocycles. The first-order valence-corrected chi connectivity index (χ1v) is 11.9. The van der Waals surface area contributed by atoms with Crippen LogP contribution >= 0.6 is 15.9 Å². The summed E-state index contributed by atoms with van der Waals surface area (Å²) in [5.41, 5.74) is 8.80. The van der Waals surface area contributed by atoms with Crippen molar-refractivity contribution in [2.45, 2.75) is 19.8 Å². The molecule has 0 saturated carbocycles. The summed E-state index contributed by atoms with van der Waals surface area (Å²) < 4.78 is 13.2. The van der Waals surface area contributed by atoms with E-state index in [1.807, 2.05) is 42.5 Å². The number of pyridine rings is 1. The van der Waals surface area contributed by atoms with Gasteiger partial charge < -0.3 is 25.1 Å². The molecule has 8 heteroatoms. The Labute approximate surface area is 208 Å². The van der Waals surface area contributed by atoms with E-state index in [1.165, 1.54) is 17.9 Å². The van der Waals surface area contributed by atoms with Gasteiger partial charge in [0.2, 0.25) is 0 Å². The van der Waals surface area contributed by atoms with E-state index in [9.17, 15) is 9.59 Å². The summed E-state index contributed by atoms with van der Waals surface area (Å²) in [5.74, 6) is 0.526. The van der Waals surface area contributed by atoms with Crippen molar-refractivity contribution in [3.05, 3.63) is 75.1 Å². The van der Waals surface area contributed by atoms with Crippen molar-refractivity contribution in [3.8, 4) is 16.9 Å². The number of hydrogen-bond donors (Lipinski definition) is 2. The first-order chi connectivity index (χ1) is 16.3. The van der Waals surface area contributed by atoms with Crippen LogP contribution in [0.25, 0.3) is 11.1 Å². The van der Waals surface area contributed by atoms with Crippen LogP contribution in [0.15, 0.2) is 64.0 Å². The molecule has 7 nitrogen and oxygen atoms in total. The monoisotopic (exact) mass is 527 g/mol. The van der Waals surface area contributed by atoms with Crippen LogP contribution in [0.2, 0.25) is 0 Å². The van der Waals surface area contributed by atoms with E-state index >= 15 is 0 Å². The minimum absolute atomic E-state index is 0.213. The number of benzene rings is 2. The Hall–Kier alpha value is -3.26. The van der Waals surface area contributed by atoms with Gasteiger partial charge in [-0.05, 0) is 49.1 Å². The highest BCUT2D eigenvalue weighted by atomic mass is 79.9. The number of halogens is 1. The number of rotatable bonds is 10. The van der Waals surface area contributed by atoms with E-state index in [1.54, 1.807) is 13.1 Å². The lowest BCUT2D eigenvalue weighted by atomic mass is 10.0. The van der Waals surface area contributed by atoms with Crippen molar-refractivity contribution >= 4 is 33.3 Å². The highest BCUT2D eigenvalue weighted by molar-refractivity contribution is 9.10. The number of hydrogen-bond acceptors (Lipinski definition) is 6. The Morgan fingerprint density at radius 1 is 1.18 bits per heavy atom. The standard InChI is InChI=1S/C26H30BrN3O4/c1-17(15-29-23-14-19(27)10-11-22(23)28)7-6-12-34-24-9-5-4-8-20(24)21-13-18(26(32)33-3)16-30(2)25(21)31/h4-5,8-11,13-14,16-17,29H,6-7,12,15,28H2,1-3H3/t17-/m1/s1. The number of ether oxygens (including phenoxy) is 2. The van der Waals surface area contributed by atoms with Crippen molar-refractivity contribution in [2.24, 2.45) is 13.0 Å². The van der Waals surface area contributed by atoms with E-state index in [4.69, 9.17) is 15.2 Å². The van der Waals surface area contributed by atoms with Gasteiger partial charge in [0.15, 0.2) is 0 Å². The number of para-hydroxylation sites is 1. The van der Waals surface area contributed by atoms with Crippen LogP contribution < -0.4 is 21.3 Å². The number of nitrogens with zero attached hydrogens (tertiary/aromatic N) is 1. The largest absolute Gasteiger partial charge is 0.493 e. The van der Waals surface area contributed by atoms with Crippen LogP contribution in [0.1, 0.15) is 30.1 Å². The lowest BCUT2D eigenvalue weighted by Crippen LogP contribution is -2.21. The van der Waals surface area contributed by atoms with Gasteiger partial charge in [-0.3, -0.25) is 4.79 Å². The third-order valence-electron chi connectivity index (χ3n) is 5.54. The molecular weight excluding hydrogens is 498 g/mol. The summed E-state index contributed by atoms with van der Waals surface area (Å²) in [6.07, 6.45) is 3.28. The summed E-state index contributed by atoms with van der Waals surface area (Å²) in [6.45, 7) is 3.49. The zero-order valence-corrected chi connectivity index (χ0v) is 21.2. The van der Waals surface area contributed by atoms with Crippen LogP contribution in [0, 0.1) is 5.92 Å². The van der Waals surface area contributed by atoms with Crippen molar-refractivity contribution in [1.82, 2.24) is 4.57 Å². The smallest absolute Gasteiger partial charge is 0.339 e. The van der Waals surface area contributed by atoms with Crippen LogP contribution in [0.4, 0.5) is 11.4 Å². The topological polar surface area (TPSA) is 95.6 Å². The number of esters is 1. The van der Waals surface area contributed by atoms with E-state index in [0.717, 1.165) is 35.2 Å². The molecule has 3 aromatic rings. The Bertz CT molecular complexity index is 1210. The van der Waals surface area contributed by atoms with Gasteiger partial charge in [-0.25, -0.2) is 4.79 Å². The molecule has 1 heterocycles. The lowest BCUT2D eigenvalue weighted by molar-refractivity contribution is 0.0599. The summed E-state index contributed by atoms with van der Waals surface area (Å²) in [4.78, 5) is 24.8. The summed E-state index contributed by atoms with van der Waals surface area (Å²) in [5, 5.41) is 3.40. The van der Waals surface area contributed by atoms with Gasteiger partial charge in [0, 0.05) is 29.8 Å². The van der Waals surface area contributed by atoms with Gasteiger partial charge >= 0.3 is 5.97 Å². The predicted molar refractivity (Wildman–Crippen MR) is 139 cm³/mol. The third-order valence-corrected chi connectivity index (χ3v) is 6.03. The number of aryl methyl sites for hydroxylation is 1. The quantitative estimate of drug-likeness (QED) is 0.216. The first kappa shape index (κ1) is 25.4. The zero-order chi connectivity index (χ0) is 24.7. The maximum Gasteiger partial charge on any atom is 0.339 e. The average molecular weight is 528 g/mol. The van der Waals surface area contributed by atoms with Crippen molar-refractivity contribution in [2.75, 3.05) is 31.3 Å². The molecule has 0 aliphatic heterocycles. The second kappa shape index (κ2) is 11.7. The molecule has 0 unspecified atom stereocenters. The van der Waals surface area contributed by atoms with Crippen molar-refractivity contribution in [1.29, 1.82) is 0 Å². The molecule has 0 saturated heterocycles. The van der Waals surface area contributed by atoms with E-state index in [0.29, 0.717) is 35.0 Å². The fourth-order valence-electron chi connectivity index (χ4n) is 3.63. The number of aromatic nitrogens is 1. The third kappa shape index (κ3) is 6.41. The normalized spacial score (nSPS) is 11.6. The zero-order valence-electron chi connectivity index (χ0n) is 19.6. The number of anilines is 2. The molecule has 180 valence electrons. The number of methoxy groups -OCH3 is 1. The molecule has 1 atom stereocenters. The van der Waals surface area contributed by atoms with Crippen LogP contribution in [-0.2, 0) is 11.8 Å². The molecule has 3 N–H and O–H groups in total. The van der Waals surface area contributed by atoms with E-state index in [-0.39, 0.29) is 5.56 Å². The predicted octanol–water partition coefficient (Wildman–Crippen LogP) is 5.09. The minimum Gasteiger partial charge on any atom is -0.493 e. The van der Waals surface area contributed by atoms with E-state index in [2.05, 4.69) is 28.2 Å². The maximum atomic E-state index is 12.8. The van der Waals surface area contributed by atoms with Crippen molar-refractivity contribution < 1.29 is 14.3 Å². The molecule has 0 fully saturated rings. The molecule has 0 radical (unpaired) electrons.